The number of aliphatic hydroxyl groups is 1. The Labute approximate surface area is 118 Å². The predicted octanol–water partition coefficient (Wildman–Crippen LogP) is 2.04. The van der Waals surface area contributed by atoms with Gasteiger partial charge in [-0.25, -0.2) is 4.39 Å². The van der Waals surface area contributed by atoms with Gasteiger partial charge in [-0.3, -0.25) is 4.79 Å². The Morgan fingerprint density at radius 3 is 2.30 bits per heavy atom. The second-order valence-electron chi connectivity index (χ2n) is 5.38. The van der Waals surface area contributed by atoms with Gasteiger partial charge < -0.3 is 20.6 Å². The number of carboxylic acid groups (broad SMARTS) is 1. The Kier molecular flexibility index (Phi) is 7.17. The molecule has 0 aliphatic rings. The highest BCUT2D eigenvalue weighted by Gasteiger charge is 2.14. The lowest BCUT2D eigenvalue weighted by Gasteiger charge is -2.23. The van der Waals surface area contributed by atoms with Crippen molar-refractivity contribution in [1.82, 2.24) is 5.32 Å². The maximum absolute atomic E-state index is 12.8. The number of phenols is 1. The van der Waals surface area contributed by atoms with Crippen LogP contribution in [0.3, 0.4) is 0 Å². The van der Waals surface area contributed by atoms with Crippen LogP contribution in [0.2, 0.25) is 0 Å². The van der Waals surface area contributed by atoms with Crippen molar-refractivity contribution in [3.05, 3.63) is 29.6 Å². The van der Waals surface area contributed by atoms with Crippen molar-refractivity contribution in [2.24, 2.45) is 0 Å². The van der Waals surface area contributed by atoms with Crippen molar-refractivity contribution < 1.29 is 24.5 Å². The summed E-state index contributed by atoms with van der Waals surface area (Å²) in [7, 11) is 0. The highest BCUT2D eigenvalue weighted by molar-refractivity contribution is 5.62. The van der Waals surface area contributed by atoms with Crippen LogP contribution < -0.4 is 5.32 Å². The van der Waals surface area contributed by atoms with Gasteiger partial charge in [-0.2, -0.15) is 0 Å². The number of hydrogen-bond acceptors (Lipinski definition) is 4. The highest BCUT2D eigenvalue weighted by Crippen LogP contribution is 2.21. The number of hydrogen-bond donors (Lipinski definition) is 4. The van der Waals surface area contributed by atoms with Crippen LogP contribution in [0.1, 0.15) is 39.4 Å². The van der Waals surface area contributed by atoms with Crippen LogP contribution in [0, 0.1) is 5.82 Å². The second kappa shape index (κ2) is 7.81. The number of benzene rings is 1. The average molecular weight is 287 g/mol. The molecule has 114 valence electrons. The van der Waals surface area contributed by atoms with Gasteiger partial charge in [0.05, 0.1) is 6.10 Å². The van der Waals surface area contributed by atoms with Gasteiger partial charge in [-0.15, -0.1) is 0 Å². The predicted molar refractivity (Wildman–Crippen MR) is 74.1 cm³/mol. The maximum Gasteiger partial charge on any atom is 0.300 e. The monoisotopic (exact) mass is 287 g/mol. The molecule has 0 aliphatic carbocycles. The number of carboxylic acids is 1. The van der Waals surface area contributed by atoms with Gasteiger partial charge in [0.25, 0.3) is 5.97 Å². The molecular weight excluding hydrogens is 265 g/mol. The molecule has 4 N–H and O–H groups in total. The molecule has 1 atom stereocenters. The van der Waals surface area contributed by atoms with E-state index < -0.39 is 23.6 Å². The van der Waals surface area contributed by atoms with Gasteiger partial charge in [-0.05, 0) is 38.5 Å². The first-order chi connectivity index (χ1) is 9.03. The third kappa shape index (κ3) is 8.44. The molecule has 0 amide bonds. The topological polar surface area (TPSA) is 89.8 Å². The van der Waals surface area contributed by atoms with E-state index >= 15 is 0 Å². The third-order valence-corrected chi connectivity index (χ3v) is 2.18. The molecule has 0 bridgehead atoms. The Hall–Kier alpha value is -1.66. The van der Waals surface area contributed by atoms with Crippen LogP contribution >= 0.6 is 0 Å². The summed E-state index contributed by atoms with van der Waals surface area (Å²) >= 11 is 0. The fourth-order valence-corrected chi connectivity index (χ4v) is 1.26. The summed E-state index contributed by atoms with van der Waals surface area (Å²) in [6.45, 7) is 7.40. The van der Waals surface area contributed by atoms with Gasteiger partial charge in [0.1, 0.15) is 0 Å². The van der Waals surface area contributed by atoms with Crippen molar-refractivity contribution in [3.63, 3.8) is 0 Å². The van der Waals surface area contributed by atoms with E-state index in [1.54, 1.807) is 0 Å². The zero-order valence-electron chi connectivity index (χ0n) is 12.1. The van der Waals surface area contributed by atoms with Crippen molar-refractivity contribution in [1.29, 1.82) is 0 Å². The van der Waals surface area contributed by atoms with Crippen LogP contribution in [-0.2, 0) is 4.79 Å². The van der Waals surface area contributed by atoms with E-state index in [1.807, 2.05) is 20.8 Å². The molecule has 0 unspecified atom stereocenters. The van der Waals surface area contributed by atoms with Crippen LogP contribution in [0.4, 0.5) is 4.39 Å². The van der Waals surface area contributed by atoms with Crippen molar-refractivity contribution >= 4 is 5.97 Å². The molecule has 1 aromatic carbocycles. The molecule has 0 heterocycles. The van der Waals surface area contributed by atoms with Crippen molar-refractivity contribution in [2.75, 3.05) is 6.54 Å². The molecule has 0 aromatic heterocycles. The molecule has 1 rings (SSSR count). The molecule has 1 aromatic rings. The summed E-state index contributed by atoms with van der Waals surface area (Å²) in [4.78, 5) is 9.00. The minimum absolute atomic E-state index is 0.0942. The molecule has 0 aliphatic heterocycles. The lowest BCUT2D eigenvalue weighted by molar-refractivity contribution is -0.134. The summed E-state index contributed by atoms with van der Waals surface area (Å²) in [6, 6.07) is 3.85. The summed E-state index contributed by atoms with van der Waals surface area (Å²) in [5, 5.41) is 29.5. The molecule has 20 heavy (non-hydrogen) atoms. The summed E-state index contributed by atoms with van der Waals surface area (Å²) in [5.74, 6) is -1.95. The molecule has 0 radical (unpaired) electrons. The quantitative estimate of drug-likeness (QED) is 0.683. The van der Waals surface area contributed by atoms with E-state index in [2.05, 4.69) is 5.32 Å². The van der Waals surface area contributed by atoms with Crippen LogP contribution in [0.25, 0.3) is 0 Å². The molecule has 5 nitrogen and oxygen atoms in total. The lowest BCUT2D eigenvalue weighted by Crippen LogP contribution is -2.38. The number of rotatable bonds is 3. The molecule has 6 heteroatoms. The van der Waals surface area contributed by atoms with E-state index in [9.17, 15) is 14.6 Å². The average Bonchev–Trinajstić information content (AvgIpc) is 2.28. The van der Waals surface area contributed by atoms with E-state index in [0.717, 1.165) is 13.0 Å². The van der Waals surface area contributed by atoms with E-state index in [-0.39, 0.29) is 5.54 Å². The molecule has 0 saturated heterocycles. The summed E-state index contributed by atoms with van der Waals surface area (Å²) in [6.07, 6.45) is -0.759. The van der Waals surface area contributed by atoms with Gasteiger partial charge in [-0.1, -0.05) is 6.07 Å². The standard InChI is InChI=1S/C12H18FNO2.C2H4O2/c1-12(2,3)14-7-11(16)8-4-5-9(13)10(15)6-8;1-2(3)4/h4-6,11,14-16H,7H2,1-3H3;1H3,(H,3,4)/t11-;/m0./s1. The Balaban J connectivity index is 0.000000796. The largest absolute Gasteiger partial charge is 0.505 e. The third-order valence-electron chi connectivity index (χ3n) is 2.18. The zero-order chi connectivity index (χ0) is 15.9. The Bertz CT molecular complexity index is 439. The van der Waals surface area contributed by atoms with Gasteiger partial charge >= 0.3 is 0 Å². The summed E-state index contributed by atoms with van der Waals surface area (Å²) < 4.78 is 12.8. The number of nitrogens with one attached hydrogen (secondary N) is 1. The SMILES string of the molecule is CC(=O)O.CC(C)(C)NC[C@H](O)c1ccc(F)c(O)c1. The van der Waals surface area contributed by atoms with E-state index in [1.165, 1.54) is 12.1 Å². The van der Waals surface area contributed by atoms with Crippen LogP contribution in [-0.4, -0.2) is 33.4 Å². The van der Waals surface area contributed by atoms with Crippen LogP contribution in [0.15, 0.2) is 18.2 Å². The second-order valence-corrected chi connectivity index (χ2v) is 5.38. The molecular formula is C14H22FNO4. The smallest absolute Gasteiger partial charge is 0.300 e. The fourth-order valence-electron chi connectivity index (χ4n) is 1.26. The number of phenolic OH excluding ortho intramolecular Hbond substituents is 1. The van der Waals surface area contributed by atoms with E-state index in [0.29, 0.717) is 12.1 Å². The normalized spacial score (nSPS) is 12.3. The molecule has 0 saturated carbocycles. The highest BCUT2D eigenvalue weighted by atomic mass is 19.1. The minimum Gasteiger partial charge on any atom is -0.505 e. The fraction of sp³-hybridized carbons (Fsp3) is 0.500. The molecule has 0 fully saturated rings. The minimum atomic E-state index is -0.833. The first-order valence-corrected chi connectivity index (χ1v) is 6.14. The van der Waals surface area contributed by atoms with Gasteiger partial charge in [0, 0.05) is 19.0 Å². The lowest BCUT2D eigenvalue weighted by atomic mass is 10.1. The number of halogens is 1. The van der Waals surface area contributed by atoms with Gasteiger partial charge in [0.15, 0.2) is 11.6 Å². The number of aliphatic carboxylic acids is 1. The first kappa shape index (κ1) is 18.3. The number of β-amino-alcohol motifs (C(OH)–C–C–N with tert-alkyl or cyclic N) is 1. The number of aromatic hydroxyl groups is 1. The number of carbonyl (C=O) groups is 1. The number of aliphatic hydroxyl groups excluding tert-OH is 1. The van der Waals surface area contributed by atoms with E-state index in [4.69, 9.17) is 9.90 Å². The maximum atomic E-state index is 12.8. The van der Waals surface area contributed by atoms with Crippen molar-refractivity contribution in [2.45, 2.75) is 39.3 Å². The Morgan fingerprint density at radius 1 is 1.40 bits per heavy atom. The zero-order valence-corrected chi connectivity index (χ0v) is 12.1. The first-order valence-electron chi connectivity index (χ1n) is 6.14. The Morgan fingerprint density at radius 2 is 1.90 bits per heavy atom. The summed E-state index contributed by atoms with van der Waals surface area (Å²) in [5.41, 5.74) is 0.402. The molecule has 0 spiro atoms. The van der Waals surface area contributed by atoms with Crippen molar-refractivity contribution in [3.8, 4) is 5.75 Å². The van der Waals surface area contributed by atoms with Crippen LogP contribution in [0.5, 0.6) is 5.75 Å². The van der Waals surface area contributed by atoms with Gasteiger partial charge in [0.2, 0.25) is 0 Å².